The van der Waals surface area contributed by atoms with E-state index in [-0.39, 0.29) is 17.2 Å². The Bertz CT molecular complexity index is 627. The highest BCUT2D eigenvalue weighted by Gasteiger charge is 2.38. The van der Waals surface area contributed by atoms with Crippen molar-refractivity contribution in [3.8, 4) is 0 Å². The average molecular weight is 490 g/mol. The van der Waals surface area contributed by atoms with Gasteiger partial charge >= 0.3 is 0 Å². The van der Waals surface area contributed by atoms with Crippen molar-refractivity contribution in [2.24, 2.45) is 10.7 Å². The maximum atomic E-state index is 11.2. The average Bonchev–Trinajstić information content (AvgIpc) is 3.23. The molecule has 35 heavy (non-hydrogen) atoms. The van der Waals surface area contributed by atoms with Gasteiger partial charge in [-0.2, -0.15) is 0 Å². The maximum absolute atomic E-state index is 11.2. The van der Waals surface area contributed by atoms with Gasteiger partial charge in [-0.3, -0.25) is 5.73 Å². The van der Waals surface area contributed by atoms with E-state index in [9.17, 15) is 9.90 Å². The number of amidine groups is 1. The Balaban J connectivity index is 1.90. The van der Waals surface area contributed by atoms with Gasteiger partial charge in [0.2, 0.25) is 5.84 Å². The van der Waals surface area contributed by atoms with E-state index in [1.54, 1.807) is 12.4 Å². The second-order valence-electron chi connectivity index (χ2n) is 10.5. The van der Waals surface area contributed by atoms with E-state index < -0.39 is 5.97 Å². The number of carboxylic acids is 1. The number of aliphatic imine (C=N–C) groups is 1. The second-order valence-corrected chi connectivity index (χ2v) is 10.5. The zero-order valence-electron chi connectivity index (χ0n) is 23.0. The van der Waals surface area contributed by atoms with Gasteiger partial charge < -0.3 is 9.90 Å². The molecule has 0 bridgehead atoms. The van der Waals surface area contributed by atoms with Crippen LogP contribution in [0, 0.1) is 0 Å². The summed E-state index contributed by atoms with van der Waals surface area (Å²) in [4.78, 5) is 15.6. The number of nitrogens with zero attached hydrogens (tertiary/aromatic N) is 2. The maximum Gasteiger partial charge on any atom is 0.209 e. The second kappa shape index (κ2) is 20.7. The molecule has 1 aliphatic heterocycles. The van der Waals surface area contributed by atoms with Crippen LogP contribution in [-0.2, 0) is 4.79 Å². The lowest BCUT2D eigenvalue weighted by Crippen LogP contribution is -2.60. The van der Waals surface area contributed by atoms with E-state index in [1.165, 1.54) is 109 Å². The summed E-state index contributed by atoms with van der Waals surface area (Å²) in [6.07, 6.45) is 33.9. The molecule has 2 N–H and O–H groups in total. The van der Waals surface area contributed by atoms with E-state index in [0.29, 0.717) is 0 Å². The molecule has 1 heterocycles. The van der Waals surface area contributed by atoms with E-state index >= 15 is 0 Å². The molecule has 202 valence electrons. The standard InChI is InChI=1S/C30H55N3O2/c1-3-4-5-6-7-8-9-10-11-12-13-14-15-16-17-18-19-20-21-22-23-24-29-32-25-26-33(29,28(2)31)27-30(34)35/h13-14,25-26,28H,3-12,15-24,27,31H2,1-2H3/b14-13+. The Hall–Kier alpha value is -1.46. The Morgan fingerprint density at radius 2 is 1.31 bits per heavy atom. The van der Waals surface area contributed by atoms with Crippen molar-refractivity contribution >= 4 is 11.8 Å². The van der Waals surface area contributed by atoms with E-state index in [0.717, 1.165) is 25.1 Å². The highest BCUT2D eigenvalue weighted by Crippen LogP contribution is 2.23. The number of nitrogens with two attached hydrogens (primary N) is 1. The number of aliphatic carboxylic acids is 1. The van der Waals surface area contributed by atoms with Crippen LogP contribution in [0.2, 0.25) is 0 Å². The zero-order valence-corrected chi connectivity index (χ0v) is 23.0. The van der Waals surface area contributed by atoms with Gasteiger partial charge in [0, 0.05) is 13.3 Å². The van der Waals surface area contributed by atoms with Crippen LogP contribution in [-0.4, -0.2) is 29.0 Å². The molecule has 0 spiro atoms. The van der Waals surface area contributed by atoms with Crippen LogP contribution in [0.1, 0.15) is 142 Å². The number of hydrogen-bond acceptors (Lipinski definition) is 4. The SMILES string of the molecule is CCCCCCCCCCC/C=C/CCCCCCCCCCC1=NC=C[N+]1(CC(=O)[O-])C(C)N. The minimum atomic E-state index is -1.09. The fraction of sp³-hybridized carbons (Fsp3) is 0.800. The molecule has 2 unspecified atom stereocenters. The van der Waals surface area contributed by atoms with E-state index in [1.807, 2.05) is 6.92 Å². The van der Waals surface area contributed by atoms with Crippen molar-refractivity contribution < 1.29 is 14.4 Å². The fourth-order valence-electron chi connectivity index (χ4n) is 4.99. The highest BCUT2D eigenvalue weighted by atomic mass is 16.4. The van der Waals surface area contributed by atoms with Crippen molar-refractivity contribution in [3.05, 3.63) is 24.6 Å². The molecule has 0 amide bonds. The summed E-state index contributed by atoms with van der Waals surface area (Å²) >= 11 is 0. The lowest BCUT2D eigenvalue weighted by Gasteiger charge is -2.36. The summed E-state index contributed by atoms with van der Waals surface area (Å²) in [5.74, 6) is -0.231. The Morgan fingerprint density at radius 1 is 0.857 bits per heavy atom. The summed E-state index contributed by atoms with van der Waals surface area (Å²) in [6.45, 7) is 3.98. The molecule has 2 atom stereocenters. The number of rotatable bonds is 24. The van der Waals surface area contributed by atoms with Crippen LogP contribution in [0.15, 0.2) is 29.5 Å². The first-order chi connectivity index (χ1) is 17.0. The fourth-order valence-corrected chi connectivity index (χ4v) is 4.99. The van der Waals surface area contributed by atoms with Gasteiger partial charge in [-0.25, -0.2) is 9.48 Å². The lowest BCUT2D eigenvalue weighted by atomic mass is 10.0. The molecule has 0 aromatic carbocycles. The highest BCUT2D eigenvalue weighted by molar-refractivity contribution is 5.81. The summed E-state index contributed by atoms with van der Waals surface area (Å²) in [6, 6.07) is 0. The molecule has 1 aliphatic rings. The van der Waals surface area contributed by atoms with Crippen molar-refractivity contribution in [2.45, 2.75) is 148 Å². The first kappa shape index (κ1) is 31.6. The molecular weight excluding hydrogens is 434 g/mol. The van der Waals surface area contributed by atoms with Gasteiger partial charge in [0.05, 0.1) is 12.2 Å². The van der Waals surface area contributed by atoms with Crippen molar-refractivity contribution in [2.75, 3.05) is 6.54 Å². The normalized spacial score (nSPS) is 18.4. The van der Waals surface area contributed by atoms with Gasteiger partial charge in [-0.15, -0.1) is 0 Å². The minimum absolute atomic E-state index is 0.107. The molecule has 0 aromatic heterocycles. The minimum Gasteiger partial charge on any atom is -0.544 e. The summed E-state index contributed by atoms with van der Waals surface area (Å²) < 4.78 is 0.107. The third-order valence-corrected chi connectivity index (χ3v) is 7.32. The molecule has 0 fully saturated rings. The van der Waals surface area contributed by atoms with Crippen molar-refractivity contribution in [1.29, 1.82) is 0 Å². The van der Waals surface area contributed by atoms with Gasteiger partial charge in [0.1, 0.15) is 18.9 Å². The first-order valence-electron chi connectivity index (χ1n) is 14.8. The van der Waals surface area contributed by atoms with Crippen LogP contribution in [0.5, 0.6) is 0 Å². The number of unbranched alkanes of at least 4 members (excludes halogenated alkanes) is 17. The number of carbonyl (C=O) groups excluding carboxylic acids is 1. The largest absolute Gasteiger partial charge is 0.544 e. The third kappa shape index (κ3) is 14.6. The molecule has 5 heteroatoms. The van der Waals surface area contributed by atoms with Gasteiger partial charge in [-0.1, -0.05) is 109 Å². The number of carboxylic acid groups (broad SMARTS) is 1. The van der Waals surface area contributed by atoms with Gasteiger partial charge in [0.25, 0.3) is 0 Å². The summed E-state index contributed by atoms with van der Waals surface area (Å²) in [7, 11) is 0. The Morgan fingerprint density at radius 3 is 1.77 bits per heavy atom. The third-order valence-electron chi connectivity index (χ3n) is 7.32. The number of carbonyl (C=O) groups is 1. The van der Waals surface area contributed by atoms with Crippen LogP contribution < -0.4 is 10.8 Å². The number of quaternary nitrogens is 1. The van der Waals surface area contributed by atoms with Crippen LogP contribution >= 0.6 is 0 Å². The van der Waals surface area contributed by atoms with Crippen molar-refractivity contribution in [3.63, 3.8) is 0 Å². The summed E-state index contributed by atoms with van der Waals surface area (Å²) in [5.41, 5.74) is 6.10. The predicted octanol–water partition coefficient (Wildman–Crippen LogP) is 7.12. The van der Waals surface area contributed by atoms with Gasteiger partial charge in [-0.05, 0) is 32.1 Å². The molecule has 0 radical (unpaired) electrons. The molecular formula is C30H55N3O2. The molecule has 5 nitrogen and oxygen atoms in total. The molecule has 0 aliphatic carbocycles. The number of hydrogen-bond donors (Lipinski definition) is 1. The van der Waals surface area contributed by atoms with Crippen LogP contribution in [0.25, 0.3) is 0 Å². The lowest BCUT2D eigenvalue weighted by molar-refractivity contribution is -0.808. The first-order valence-corrected chi connectivity index (χ1v) is 14.8. The quantitative estimate of drug-likeness (QED) is 0.0890. The molecule has 1 rings (SSSR count). The van der Waals surface area contributed by atoms with E-state index in [4.69, 9.17) is 5.73 Å². The molecule has 0 saturated heterocycles. The molecule has 0 saturated carbocycles. The predicted molar refractivity (Wildman–Crippen MR) is 148 cm³/mol. The molecule has 0 aromatic rings. The smallest absolute Gasteiger partial charge is 0.209 e. The van der Waals surface area contributed by atoms with Gasteiger partial charge in [0.15, 0.2) is 0 Å². The Kier molecular flexibility index (Phi) is 18.7. The monoisotopic (exact) mass is 489 g/mol. The zero-order chi connectivity index (χ0) is 25.6. The van der Waals surface area contributed by atoms with Crippen molar-refractivity contribution in [1.82, 2.24) is 0 Å². The Labute approximate surface area is 216 Å². The topological polar surface area (TPSA) is 78.5 Å². The number of allylic oxidation sites excluding steroid dienone is 2. The summed E-state index contributed by atoms with van der Waals surface area (Å²) in [5, 5.41) is 11.2. The van der Waals surface area contributed by atoms with Crippen LogP contribution in [0.3, 0.4) is 0 Å². The van der Waals surface area contributed by atoms with E-state index in [2.05, 4.69) is 24.1 Å². The van der Waals surface area contributed by atoms with Crippen LogP contribution in [0.4, 0.5) is 0 Å².